The maximum Gasteiger partial charge on any atom is 0.153 e. The van der Waals surface area contributed by atoms with Crippen molar-refractivity contribution in [1.82, 2.24) is 0 Å². The molecule has 0 atom stereocenters. The lowest BCUT2D eigenvalue weighted by atomic mass is 9.85. The lowest BCUT2D eigenvalue weighted by Crippen LogP contribution is -2.38. The number of aldehydes is 1. The van der Waals surface area contributed by atoms with Gasteiger partial charge in [0.1, 0.15) is 18.1 Å². The summed E-state index contributed by atoms with van der Waals surface area (Å²) in [5.41, 5.74) is -0.308. The summed E-state index contributed by atoms with van der Waals surface area (Å²) < 4.78 is 10.7. The molecule has 0 unspecified atom stereocenters. The standard InChI is InChI=1S/C15H20O4/c1-18-13-5-6-14(12(9-13)10-16)19-11-15(17)7-3-2-4-8-15/h5-6,9-10,17H,2-4,7-8,11H2,1H3. The number of hydrogen-bond acceptors (Lipinski definition) is 4. The van der Waals surface area contributed by atoms with E-state index in [9.17, 15) is 9.90 Å². The van der Waals surface area contributed by atoms with Crippen LogP contribution in [0.25, 0.3) is 0 Å². The van der Waals surface area contributed by atoms with Gasteiger partial charge in [-0.15, -0.1) is 0 Å². The van der Waals surface area contributed by atoms with Gasteiger partial charge >= 0.3 is 0 Å². The number of ether oxygens (including phenoxy) is 2. The van der Waals surface area contributed by atoms with Gasteiger partial charge in [0.05, 0.1) is 18.3 Å². The van der Waals surface area contributed by atoms with Crippen molar-refractivity contribution in [3.05, 3.63) is 23.8 Å². The molecule has 0 spiro atoms. The van der Waals surface area contributed by atoms with E-state index in [0.717, 1.165) is 32.0 Å². The van der Waals surface area contributed by atoms with Gasteiger partial charge in [0.2, 0.25) is 0 Å². The number of carbonyl (C=O) groups is 1. The number of benzene rings is 1. The molecule has 104 valence electrons. The van der Waals surface area contributed by atoms with E-state index in [0.29, 0.717) is 17.1 Å². The Labute approximate surface area is 113 Å². The van der Waals surface area contributed by atoms with E-state index < -0.39 is 5.60 Å². The highest BCUT2D eigenvalue weighted by Crippen LogP contribution is 2.30. The maximum atomic E-state index is 11.0. The van der Waals surface area contributed by atoms with Gasteiger partial charge < -0.3 is 14.6 Å². The molecule has 0 saturated heterocycles. The van der Waals surface area contributed by atoms with Crippen molar-refractivity contribution in [3.63, 3.8) is 0 Å². The zero-order valence-corrected chi connectivity index (χ0v) is 11.2. The van der Waals surface area contributed by atoms with Crippen molar-refractivity contribution >= 4 is 6.29 Å². The molecule has 1 saturated carbocycles. The van der Waals surface area contributed by atoms with Crippen molar-refractivity contribution in [2.24, 2.45) is 0 Å². The monoisotopic (exact) mass is 264 g/mol. The molecule has 4 heteroatoms. The van der Waals surface area contributed by atoms with Gasteiger partial charge in [0.25, 0.3) is 0 Å². The molecule has 2 rings (SSSR count). The third kappa shape index (κ3) is 3.47. The Morgan fingerprint density at radius 3 is 2.68 bits per heavy atom. The predicted octanol–water partition coefficient (Wildman–Crippen LogP) is 2.58. The van der Waals surface area contributed by atoms with E-state index in [1.54, 1.807) is 25.3 Å². The quantitative estimate of drug-likeness (QED) is 0.830. The van der Waals surface area contributed by atoms with Crippen molar-refractivity contribution in [3.8, 4) is 11.5 Å². The lowest BCUT2D eigenvalue weighted by molar-refractivity contribution is -0.0340. The minimum absolute atomic E-state index is 0.236. The fourth-order valence-corrected chi connectivity index (χ4v) is 2.44. The van der Waals surface area contributed by atoms with Crippen LogP contribution in [0.1, 0.15) is 42.5 Å². The Balaban J connectivity index is 2.04. The summed E-state index contributed by atoms with van der Waals surface area (Å²) in [7, 11) is 1.55. The molecule has 4 nitrogen and oxygen atoms in total. The lowest BCUT2D eigenvalue weighted by Gasteiger charge is -2.31. The summed E-state index contributed by atoms with van der Waals surface area (Å²) in [6.07, 6.45) is 5.50. The molecule has 0 bridgehead atoms. The zero-order chi connectivity index (χ0) is 13.7. The molecule has 0 aliphatic heterocycles. The van der Waals surface area contributed by atoms with Gasteiger partial charge in [-0.2, -0.15) is 0 Å². The molecular weight excluding hydrogens is 244 g/mol. The van der Waals surface area contributed by atoms with Gasteiger partial charge in [-0.3, -0.25) is 4.79 Å². The topological polar surface area (TPSA) is 55.8 Å². The first-order chi connectivity index (χ1) is 9.17. The second-order valence-electron chi connectivity index (χ2n) is 5.10. The van der Waals surface area contributed by atoms with Crippen molar-refractivity contribution in [2.75, 3.05) is 13.7 Å². The highest BCUT2D eigenvalue weighted by Gasteiger charge is 2.30. The number of methoxy groups -OCH3 is 1. The second-order valence-corrected chi connectivity index (χ2v) is 5.10. The molecule has 1 aromatic carbocycles. The average Bonchev–Trinajstić information content (AvgIpc) is 2.45. The van der Waals surface area contributed by atoms with E-state index in [4.69, 9.17) is 9.47 Å². The van der Waals surface area contributed by atoms with Crippen LogP contribution in [0.4, 0.5) is 0 Å². The van der Waals surface area contributed by atoms with Crippen molar-refractivity contribution < 1.29 is 19.4 Å². The first-order valence-electron chi connectivity index (χ1n) is 6.65. The van der Waals surface area contributed by atoms with Gasteiger partial charge in [0, 0.05) is 0 Å². The second kappa shape index (κ2) is 6.06. The van der Waals surface area contributed by atoms with Crippen LogP contribution in [0.3, 0.4) is 0 Å². The summed E-state index contributed by atoms with van der Waals surface area (Å²) in [5.74, 6) is 1.11. The van der Waals surface area contributed by atoms with E-state index in [-0.39, 0.29) is 6.61 Å². The number of rotatable bonds is 5. The molecule has 1 aliphatic carbocycles. The predicted molar refractivity (Wildman–Crippen MR) is 71.9 cm³/mol. The molecule has 1 N–H and O–H groups in total. The Kier molecular flexibility index (Phi) is 4.43. The first-order valence-corrected chi connectivity index (χ1v) is 6.65. The van der Waals surface area contributed by atoms with Crippen molar-refractivity contribution in [2.45, 2.75) is 37.7 Å². The Morgan fingerprint density at radius 1 is 1.32 bits per heavy atom. The van der Waals surface area contributed by atoms with Crippen LogP contribution < -0.4 is 9.47 Å². The van der Waals surface area contributed by atoms with E-state index in [1.807, 2.05) is 0 Å². The molecule has 1 aromatic rings. The number of aliphatic hydroxyl groups is 1. The van der Waals surface area contributed by atoms with Crippen molar-refractivity contribution in [1.29, 1.82) is 0 Å². The van der Waals surface area contributed by atoms with Gasteiger partial charge in [-0.25, -0.2) is 0 Å². The van der Waals surface area contributed by atoms with E-state index in [2.05, 4.69) is 0 Å². The molecule has 0 heterocycles. The molecule has 1 aliphatic rings. The average molecular weight is 264 g/mol. The minimum Gasteiger partial charge on any atom is -0.497 e. The Bertz CT molecular complexity index is 436. The maximum absolute atomic E-state index is 11.0. The smallest absolute Gasteiger partial charge is 0.153 e. The van der Waals surface area contributed by atoms with Crippen LogP contribution in [-0.4, -0.2) is 30.7 Å². The van der Waals surface area contributed by atoms with Crippen LogP contribution in [0.15, 0.2) is 18.2 Å². The summed E-state index contributed by atoms with van der Waals surface area (Å²) in [5, 5.41) is 10.4. The van der Waals surface area contributed by atoms with Gasteiger partial charge in [-0.1, -0.05) is 19.3 Å². The van der Waals surface area contributed by atoms with Gasteiger partial charge in [0.15, 0.2) is 6.29 Å². The third-order valence-corrected chi connectivity index (χ3v) is 3.62. The summed E-state index contributed by atoms with van der Waals surface area (Å²) >= 11 is 0. The van der Waals surface area contributed by atoms with Crippen LogP contribution in [0.2, 0.25) is 0 Å². The van der Waals surface area contributed by atoms with Crippen LogP contribution in [0.5, 0.6) is 11.5 Å². The zero-order valence-electron chi connectivity index (χ0n) is 11.2. The fraction of sp³-hybridized carbons (Fsp3) is 0.533. The highest BCUT2D eigenvalue weighted by molar-refractivity contribution is 5.80. The Hall–Kier alpha value is -1.55. The summed E-state index contributed by atoms with van der Waals surface area (Å²) in [6, 6.07) is 5.08. The van der Waals surface area contributed by atoms with E-state index >= 15 is 0 Å². The SMILES string of the molecule is COc1ccc(OCC2(O)CCCCC2)c(C=O)c1. The Morgan fingerprint density at radius 2 is 2.05 bits per heavy atom. The fourth-order valence-electron chi connectivity index (χ4n) is 2.44. The first kappa shape index (κ1) is 13.9. The molecule has 19 heavy (non-hydrogen) atoms. The largest absolute Gasteiger partial charge is 0.497 e. The minimum atomic E-state index is -0.752. The third-order valence-electron chi connectivity index (χ3n) is 3.62. The van der Waals surface area contributed by atoms with Crippen LogP contribution in [0, 0.1) is 0 Å². The molecule has 0 radical (unpaired) electrons. The summed E-state index contributed by atoms with van der Waals surface area (Å²) in [4.78, 5) is 11.0. The molecule has 0 aromatic heterocycles. The van der Waals surface area contributed by atoms with Crippen LogP contribution in [-0.2, 0) is 0 Å². The number of hydrogen-bond donors (Lipinski definition) is 1. The summed E-state index contributed by atoms with van der Waals surface area (Å²) in [6.45, 7) is 0.236. The number of carbonyl (C=O) groups excluding carboxylic acids is 1. The molecular formula is C15H20O4. The van der Waals surface area contributed by atoms with E-state index in [1.165, 1.54) is 6.42 Å². The van der Waals surface area contributed by atoms with Crippen LogP contribution >= 0.6 is 0 Å². The van der Waals surface area contributed by atoms with Gasteiger partial charge in [-0.05, 0) is 31.0 Å². The molecule has 1 fully saturated rings. The molecule has 0 amide bonds. The normalized spacial score (nSPS) is 17.8. The highest BCUT2D eigenvalue weighted by atomic mass is 16.5.